The molecule has 0 fully saturated rings. The Morgan fingerprint density at radius 3 is 2.17 bits per heavy atom. The zero-order chi connectivity index (χ0) is 17.3. The van der Waals surface area contributed by atoms with Gasteiger partial charge in [0.05, 0.1) is 12.2 Å². The van der Waals surface area contributed by atoms with Crippen LogP contribution in [0.4, 0.5) is 17.6 Å². The summed E-state index contributed by atoms with van der Waals surface area (Å²) in [7, 11) is 0. The minimum atomic E-state index is -4.70. The monoisotopic (exact) mass is 334 g/mol. The smallest absolute Gasteiger partial charge is 0.419 e. The maximum Gasteiger partial charge on any atom is 0.419 e. The first-order valence-electron chi connectivity index (χ1n) is 7.43. The highest BCUT2D eigenvalue weighted by Gasteiger charge is 2.34. The minimum Gasteiger partial charge on any atom is -0.494 e. The van der Waals surface area contributed by atoms with E-state index in [1.807, 2.05) is 31.2 Å². The molecule has 24 heavy (non-hydrogen) atoms. The molecule has 0 spiro atoms. The molecule has 0 saturated heterocycles. The molecule has 0 N–H and O–H groups in total. The van der Waals surface area contributed by atoms with Crippen LogP contribution in [0.2, 0.25) is 0 Å². The van der Waals surface area contributed by atoms with Crippen LogP contribution in [-0.4, -0.2) is 6.61 Å². The highest BCUT2D eigenvalue weighted by atomic mass is 19.4. The summed E-state index contributed by atoms with van der Waals surface area (Å²) in [5.74, 6) is -0.499. The van der Waals surface area contributed by atoms with Gasteiger partial charge < -0.3 is 4.74 Å². The molecular formula is C19H14F4O. The molecule has 0 aliphatic carbocycles. The Hall–Kier alpha value is -2.56. The van der Waals surface area contributed by atoms with E-state index in [1.165, 1.54) is 12.1 Å². The van der Waals surface area contributed by atoms with Crippen LogP contribution in [-0.2, 0) is 6.18 Å². The normalized spacial score (nSPS) is 11.7. The van der Waals surface area contributed by atoms with Crippen molar-refractivity contribution >= 4 is 10.8 Å². The van der Waals surface area contributed by atoms with E-state index in [0.29, 0.717) is 12.0 Å². The molecule has 0 aromatic heterocycles. The lowest BCUT2D eigenvalue weighted by atomic mass is 9.99. The maximum atomic E-state index is 14.1. The zero-order valence-electron chi connectivity index (χ0n) is 12.8. The van der Waals surface area contributed by atoms with Crippen LogP contribution in [0.1, 0.15) is 12.5 Å². The quantitative estimate of drug-likeness (QED) is 0.529. The molecule has 0 saturated carbocycles. The molecule has 124 valence electrons. The highest BCUT2D eigenvalue weighted by Crippen LogP contribution is 2.35. The molecule has 0 aliphatic rings. The van der Waals surface area contributed by atoms with Gasteiger partial charge in [-0.15, -0.1) is 0 Å². The maximum absolute atomic E-state index is 14.1. The van der Waals surface area contributed by atoms with Crippen LogP contribution in [0.3, 0.4) is 0 Å². The SMILES string of the molecule is CCOc1ccc(-c2ccc3c(F)c(C(F)(F)F)ccc3c2)cc1. The Labute approximate surface area is 136 Å². The molecule has 0 bridgehead atoms. The minimum absolute atomic E-state index is 0.0421. The van der Waals surface area contributed by atoms with Crippen molar-refractivity contribution in [3.63, 3.8) is 0 Å². The third kappa shape index (κ3) is 3.07. The molecule has 0 aliphatic heterocycles. The van der Waals surface area contributed by atoms with Crippen molar-refractivity contribution in [2.24, 2.45) is 0 Å². The van der Waals surface area contributed by atoms with E-state index in [0.717, 1.165) is 22.9 Å². The average molecular weight is 334 g/mol. The highest BCUT2D eigenvalue weighted by molar-refractivity contribution is 5.88. The van der Waals surface area contributed by atoms with Gasteiger partial charge in [0.15, 0.2) is 0 Å². The van der Waals surface area contributed by atoms with Gasteiger partial charge in [0.25, 0.3) is 0 Å². The van der Waals surface area contributed by atoms with Crippen molar-refractivity contribution in [1.82, 2.24) is 0 Å². The summed E-state index contributed by atoms with van der Waals surface area (Å²) >= 11 is 0. The van der Waals surface area contributed by atoms with E-state index in [2.05, 4.69) is 0 Å². The molecule has 0 radical (unpaired) electrons. The van der Waals surface area contributed by atoms with Gasteiger partial charge in [-0.3, -0.25) is 0 Å². The standard InChI is InChI=1S/C19H14F4O/c1-2-24-15-7-3-12(4-8-15)13-5-9-16-14(11-13)6-10-17(18(16)20)19(21,22)23/h3-11H,2H2,1H3. The molecule has 0 atom stereocenters. The summed E-state index contributed by atoms with van der Waals surface area (Å²) in [5, 5.41) is 0.381. The number of benzene rings is 3. The van der Waals surface area contributed by atoms with Crippen molar-refractivity contribution in [2.75, 3.05) is 6.61 Å². The van der Waals surface area contributed by atoms with Crippen molar-refractivity contribution in [2.45, 2.75) is 13.1 Å². The van der Waals surface area contributed by atoms with Crippen LogP contribution in [0.25, 0.3) is 21.9 Å². The van der Waals surface area contributed by atoms with Crippen LogP contribution in [0.5, 0.6) is 5.75 Å². The number of halogens is 4. The molecule has 0 amide bonds. The first kappa shape index (κ1) is 16.3. The fourth-order valence-electron chi connectivity index (χ4n) is 2.60. The fraction of sp³-hybridized carbons (Fsp3) is 0.158. The summed E-state index contributed by atoms with van der Waals surface area (Å²) in [6.07, 6.45) is -4.70. The lowest BCUT2D eigenvalue weighted by Gasteiger charge is -2.11. The number of fused-ring (bicyclic) bond motifs is 1. The van der Waals surface area contributed by atoms with Crippen molar-refractivity contribution in [1.29, 1.82) is 0 Å². The second-order valence-corrected chi connectivity index (χ2v) is 5.32. The average Bonchev–Trinajstić information content (AvgIpc) is 2.54. The van der Waals surface area contributed by atoms with E-state index in [4.69, 9.17) is 4.74 Å². The van der Waals surface area contributed by atoms with E-state index >= 15 is 0 Å². The van der Waals surface area contributed by atoms with E-state index in [1.54, 1.807) is 12.1 Å². The van der Waals surface area contributed by atoms with Crippen LogP contribution in [0.15, 0.2) is 54.6 Å². The zero-order valence-corrected chi connectivity index (χ0v) is 12.8. The summed E-state index contributed by atoms with van der Waals surface area (Å²) in [5.41, 5.74) is 0.425. The van der Waals surface area contributed by atoms with Crippen molar-refractivity contribution < 1.29 is 22.3 Å². The van der Waals surface area contributed by atoms with Gasteiger partial charge in [-0.05, 0) is 47.7 Å². The van der Waals surface area contributed by atoms with Gasteiger partial charge >= 0.3 is 6.18 Å². The van der Waals surface area contributed by atoms with Crippen molar-refractivity contribution in [3.8, 4) is 16.9 Å². The molecule has 3 aromatic rings. The predicted octanol–water partition coefficient (Wildman–Crippen LogP) is 6.06. The predicted molar refractivity (Wildman–Crippen MR) is 85.5 cm³/mol. The van der Waals surface area contributed by atoms with Crippen LogP contribution < -0.4 is 4.74 Å². The lowest BCUT2D eigenvalue weighted by molar-refractivity contribution is -0.139. The Kier molecular flexibility index (Phi) is 4.18. The van der Waals surface area contributed by atoms with Crippen LogP contribution in [0, 0.1) is 5.82 Å². The van der Waals surface area contributed by atoms with E-state index in [9.17, 15) is 17.6 Å². The summed E-state index contributed by atoms with van der Waals surface area (Å²) in [6, 6.07) is 14.1. The van der Waals surface area contributed by atoms with Gasteiger partial charge in [-0.25, -0.2) is 4.39 Å². The van der Waals surface area contributed by atoms with Crippen LogP contribution >= 0.6 is 0 Å². The third-order valence-corrected chi connectivity index (χ3v) is 3.76. The Morgan fingerprint density at radius 2 is 1.54 bits per heavy atom. The largest absolute Gasteiger partial charge is 0.494 e. The molecule has 3 aromatic carbocycles. The number of hydrogen-bond donors (Lipinski definition) is 0. The second-order valence-electron chi connectivity index (χ2n) is 5.32. The lowest BCUT2D eigenvalue weighted by Crippen LogP contribution is -2.08. The molecule has 1 nitrogen and oxygen atoms in total. The summed E-state index contributed by atoms with van der Waals surface area (Å²) < 4.78 is 57.8. The van der Waals surface area contributed by atoms with Gasteiger partial charge in [-0.2, -0.15) is 13.2 Å². The van der Waals surface area contributed by atoms with E-state index < -0.39 is 17.6 Å². The van der Waals surface area contributed by atoms with Gasteiger partial charge in [0.1, 0.15) is 11.6 Å². The summed E-state index contributed by atoms with van der Waals surface area (Å²) in [6.45, 7) is 2.46. The van der Waals surface area contributed by atoms with Gasteiger partial charge in [0, 0.05) is 5.39 Å². The molecule has 0 unspecified atom stereocenters. The van der Waals surface area contributed by atoms with Crippen molar-refractivity contribution in [3.05, 3.63) is 66.0 Å². The number of alkyl halides is 3. The van der Waals surface area contributed by atoms with Gasteiger partial charge in [-0.1, -0.05) is 30.3 Å². The molecule has 5 heteroatoms. The van der Waals surface area contributed by atoms with Gasteiger partial charge in [0.2, 0.25) is 0 Å². The third-order valence-electron chi connectivity index (χ3n) is 3.76. The Bertz CT molecular complexity index is 867. The summed E-state index contributed by atoms with van der Waals surface area (Å²) in [4.78, 5) is 0. The Balaban J connectivity index is 2.03. The molecule has 3 rings (SSSR count). The first-order valence-corrected chi connectivity index (χ1v) is 7.43. The molecule has 0 heterocycles. The number of rotatable bonds is 3. The number of hydrogen-bond acceptors (Lipinski definition) is 1. The first-order chi connectivity index (χ1) is 11.4. The fourth-order valence-corrected chi connectivity index (χ4v) is 2.60. The number of ether oxygens (including phenoxy) is 1. The van der Waals surface area contributed by atoms with E-state index in [-0.39, 0.29) is 5.39 Å². The topological polar surface area (TPSA) is 9.23 Å². The molecular weight excluding hydrogens is 320 g/mol. The Morgan fingerprint density at radius 1 is 0.875 bits per heavy atom. The second kappa shape index (κ2) is 6.15.